The minimum absolute atomic E-state index is 0.134. The van der Waals surface area contributed by atoms with E-state index < -0.39 is 26.6 Å². The molecule has 0 aromatic heterocycles. The van der Waals surface area contributed by atoms with Crippen LogP contribution >= 0.6 is 12.6 Å². The second kappa shape index (κ2) is 7.03. The van der Waals surface area contributed by atoms with Crippen LogP contribution in [0.25, 0.3) is 22.3 Å². The lowest BCUT2D eigenvalue weighted by atomic mass is 9.99. The number of primary sulfonamides is 1. The molecule has 0 bridgehead atoms. The molecule has 0 atom stereocenters. The van der Waals surface area contributed by atoms with Crippen LogP contribution in [0.1, 0.15) is 5.56 Å². The van der Waals surface area contributed by atoms with Gasteiger partial charge in [-0.3, -0.25) is 0 Å². The van der Waals surface area contributed by atoms with E-state index in [1.165, 1.54) is 6.07 Å². The van der Waals surface area contributed by atoms with Crippen molar-refractivity contribution in [3.63, 3.8) is 0 Å². The zero-order valence-electron chi connectivity index (χ0n) is 14.0. The lowest BCUT2D eigenvalue weighted by Gasteiger charge is -2.11. The van der Waals surface area contributed by atoms with Crippen molar-refractivity contribution in [3.05, 3.63) is 71.5 Å². The number of hydrogen-bond donors (Lipinski definition) is 2. The van der Waals surface area contributed by atoms with Crippen molar-refractivity contribution < 1.29 is 21.6 Å². The number of benzene rings is 3. The van der Waals surface area contributed by atoms with Gasteiger partial charge in [0, 0.05) is 4.90 Å². The van der Waals surface area contributed by atoms with Crippen LogP contribution in [0, 0.1) is 24.4 Å². The fraction of sp³-hybridized carbons (Fsp3) is 0.0526. The van der Waals surface area contributed by atoms with E-state index in [0.717, 1.165) is 17.7 Å². The van der Waals surface area contributed by atoms with Crippen LogP contribution in [-0.2, 0) is 10.0 Å². The molecule has 3 aromatic rings. The number of thiol groups is 1. The maximum Gasteiger partial charge on any atom is 0.243 e. The molecule has 0 aliphatic rings. The Hall–Kier alpha value is -2.29. The van der Waals surface area contributed by atoms with Crippen LogP contribution in [-0.4, -0.2) is 8.42 Å². The fourth-order valence-corrected chi connectivity index (χ4v) is 3.77. The molecule has 27 heavy (non-hydrogen) atoms. The van der Waals surface area contributed by atoms with Gasteiger partial charge in [0.15, 0.2) is 4.90 Å². The second-order valence-electron chi connectivity index (χ2n) is 6.01. The molecule has 0 unspecified atom stereocenters. The van der Waals surface area contributed by atoms with Gasteiger partial charge in [0.1, 0.15) is 17.5 Å². The maximum atomic E-state index is 14.1. The van der Waals surface area contributed by atoms with Crippen LogP contribution in [0.2, 0.25) is 0 Å². The van der Waals surface area contributed by atoms with Crippen molar-refractivity contribution in [3.8, 4) is 22.3 Å². The normalized spacial score (nSPS) is 11.6. The van der Waals surface area contributed by atoms with Gasteiger partial charge >= 0.3 is 0 Å². The number of rotatable bonds is 3. The molecule has 0 aliphatic carbocycles. The van der Waals surface area contributed by atoms with E-state index >= 15 is 0 Å². The molecule has 0 heterocycles. The summed E-state index contributed by atoms with van der Waals surface area (Å²) in [7, 11) is -4.52. The molecule has 140 valence electrons. The zero-order valence-corrected chi connectivity index (χ0v) is 15.7. The molecule has 0 saturated carbocycles. The highest BCUT2D eigenvalue weighted by Crippen LogP contribution is 2.33. The van der Waals surface area contributed by atoms with Gasteiger partial charge in [-0.05, 0) is 65.1 Å². The zero-order chi connectivity index (χ0) is 19.9. The Morgan fingerprint density at radius 1 is 0.815 bits per heavy atom. The molecule has 8 heteroatoms. The van der Waals surface area contributed by atoms with Crippen molar-refractivity contribution in [1.82, 2.24) is 0 Å². The Morgan fingerprint density at radius 3 is 1.93 bits per heavy atom. The Bertz CT molecular complexity index is 1140. The molecule has 0 fully saturated rings. The van der Waals surface area contributed by atoms with Gasteiger partial charge in [0.25, 0.3) is 0 Å². The van der Waals surface area contributed by atoms with Crippen molar-refractivity contribution in [2.24, 2.45) is 5.14 Å². The first-order valence-electron chi connectivity index (χ1n) is 7.69. The molecule has 3 aromatic carbocycles. The van der Waals surface area contributed by atoms with Gasteiger partial charge in [-0.25, -0.2) is 26.7 Å². The Labute approximate surface area is 160 Å². The standard InChI is InChI=1S/C19H14F3NO2S2/c1-10-6-12(3-5-15(10)20)14-4-2-11(9-18(14)26)13-7-16(21)19(17(22)8-13)27(23,24)25/h2-9,26H,1H3,(H2,23,24,25). The first kappa shape index (κ1) is 19.5. The highest BCUT2D eigenvalue weighted by atomic mass is 32.2. The summed E-state index contributed by atoms with van der Waals surface area (Å²) in [6.07, 6.45) is 0. The van der Waals surface area contributed by atoms with Gasteiger partial charge in [-0.1, -0.05) is 18.2 Å². The third-order valence-corrected chi connectivity index (χ3v) is 5.41. The molecular formula is C19H14F3NO2S2. The summed E-state index contributed by atoms with van der Waals surface area (Å²) in [6, 6.07) is 11.3. The SMILES string of the molecule is Cc1cc(-c2ccc(-c3cc(F)c(S(N)(=O)=O)c(F)c3)cc2S)ccc1F. The lowest BCUT2D eigenvalue weighted by molar-refractivity contribution is 0.520. The maximum absolute atomic E-state index is 14.1. The molecule has 0 aliphatic heterocycles. The molecular weight excluding hydrogens is 395 g/mol. The van der Waals surface area contributed by atoms with E-state index in [9.17, 15) is 21.6 Å². The van der Waals surface area contributed by atoms with E-state index in [4.69, 9.17) is 5.14 Å². The largest absolute Gasteiger partial charge is 0.243 e. The van der Waals surface area contributed by atoms with Crippen LogP contribution in [0.15, 0.2) is 58.3 Å². The Morgan fingerprint density at radius 2 is 1.41 bits per heavy atom. The summed E-state index contributed by atoms with van der Waals surface area (Å²) in [4.78, 5) is -0.661. The van der Waals surface area contributed by atoms with Crippen molar-refractivity contribution >= 4 is 22.7 Å². The molecule has 0 saturated heterocycles. The van der Waals surface area contributed by atoms with E-state index in [2.05, 4.69) is 12.6 Å². The lowest BCUT2D eigenvalue weighted by Crippen LogP contribution is -2.16. The summed E-state index contributed by atoms with van der Waals surface area (Å²) >= 11 is 4.41. The molecule has 3 rings (SSSR count). The summed E-state index contributed by atoms with van der Waals surface area (Å²) < 4.78 is 64.2. The van der Waals surface area contributed by atoms with Crippen LogP contribution < -0.4 is 5.14 Å². The highest BCUT2D eigenvalue weighted by molar-refractivity contribution is 7.89. The van der Waals surface area contributed by atoms with Crippen LogP contribution in [0.3, 0.4) is 0 Å². The summed E-state index contributed by atoms with van der Waals surface area (Å²) in [5, 5.41) is 4.83. The summed E-state index contributed by atoms with van der Waals surface area (Å²) in [5.74, 6) is -2.87. The third kappa shape index (κ3) is 3.87. The van der Waals surface area contributed by atoms with Crippen LogP contribution in [0.4, 0.5) is 13.2 Å². The van der Waals surface area contributed by atoms with E-state index in [1.807, 2.05) is 0 Å². The minimum Gasteiger partial charge on any atom is -0.224 e. The Kier molecular flexibility index (Phi) is 5.07. The molecule has 2 N–H and O–H groups in total. The fourth-order valence-electron chi connectivity index (χ4n) is 2.77. The third-order valence-electron chi connectivity index (χ3n) is 4.08. The van der Waals surface area contributed by atoms with Gasteiger partial charge in [-0.2, -0.15) is 0 Å². The molecule has 3 nitrogen and oxygen atoms in total. The first-order chi connectivity index (χ1) is 12.6. The molecule has 0 radical (unpaired) electrons. The van der Waals surface area contributed by atoms with Crippen molar-refractivity contribution in [1.29, 1.82) is 0 Å². The number of hydrogen-bond acceptors (Lipinski definition) is 3. The topological polar surface area (TPSA) is 60.2 Å². The minimum atomic E-state index is -4.52. The predicted molar refractivity (Wildman–Crippen MR) is 101 cm³/mol. The molecule has 0 spiro atoms. The van der Waals surface area contributed by atoms with Gasteiger partial charge in [0.2, 0.25) is 10.0 Å². The Balaban J connectivity index is 2.07. The quantitative estimate of drug-likeness (QED) is 0.617. The first-order valence-corrected chi connectivity index (χ1v) is 9.69. The van der Waals surface area contributed by atoms with E-state index in [-0.39, 0.29) is 11.4 Å². The van der Waals surface area contributed by atoms with Gasteiger partial charge < -0.3 is 0 Å². The average molecular weight is 409 g/mol. The van der Waals surface area contributed by atoms with Crippen LogP contribution in [0.5, 0.6) is 0 Å². The van der Waals surface area contributed by atoms with E-state index in [1.54, 1.807) is 37.3 Å². The average Bonchev–Trinajstić information content (AvgIpc) is 2.55. The van der Waals surface area contributed by atoms with Crippen molar-refractivity contribution in [2.75, 3.05) is 0 Å². The molecule has 0 amide bonds. The predicted octanol–water partition coefficient (Wildman–Crippen LogP) is 4.68. The monoisotopic (exact) mass is 409 g/mol. The summed E-state index contributed by atoms with van der Waals surface area (Å²) in [6.45, 7) is 1.64. The second-order valence-corrected chi connectivity index (χ2v) is 7.99. The highest BCUT2D eigenvalue weighted by Gasteiger charge is 2.21. The number of sulfonamides is 1. The number of nitrogens with two attached hydrogens (primary N) is 1. The smallest absolute Gasteiger partial charge is 0.224 e. The number of halogens is 3. The number of aryl methyl sites for hydroxylation is 1. The summed E-state index contributed by atoms with van der Waals surface area (Å²) in [5.41, 5.74) is 2.50. The van der Waals surface area contributed by atoms with Crippen molar-refractivity contribution in [2.45, 2.75) is 16.7 Å². The van der Waals surface area contributed by atoms with Gasteiger partial charge in [-0.15, -0.1) is 12.6 Å². The van der Waals surface area contributed by atoms with Gasteiger partial charge in [0.05, 0.1) is 0 Å². The van der Waals surface area contributed by atoms with E-state index in [0.29, 0.717) is 21.6 Å².